The summed E-state index contributed by atoms with van der Waals surface area (Å²) in [4.78, 5) is 22.4. The van der Waals surface area contributed by atoms with Gasteiger partial charge in [0.1, 0.15) is 5.82 Å². The molecular weight excluding hydrogens is 299 g/mol. The SMILES string of the molecule is COC(=O)c1cc(F)cc(-c2ccc(C(=O)O)c(Cl)c2)c1. The number of benzene rings is 2. The Hall–Kier alpha value is -2.40. The lowest BCUT2D eigenvalue weighted by Gasteiger charge is -2.07. The van der Waals surface area contributed by atoms with Gasteiger partial charge in [-0.2, -0.15) is 0 Å². The molecule has 0 unspecified atom stereocenters. The van der Waals surface area contributed by atoms with Crippen molar-refractivity contribution in [1.29, 1.82) is 0 Å². The van der Waals surface area contributed by atoms with Crippen LogP contribution in [0.2, 0.25) is 5.02 Å². The van der Waals surface area contributed by atoms with Gasteiger partial charge in [0, 0.05) is 0 Å². The van der Waals surface area contributed by atoms with Gasteiger partial charge in [-0.3, -0.25) is 0 Å². The zero-order valence-corrected chi connectivity index (χ0v) is 11.6. The molecule has 0 aliphatic rings. The quantitative estimate of drug-likeness (QED) is 0.879. The molecular formula is C15H10ClFO4. The Labute approximate surface area is 124 Å². The topological polar surface area (TPSA) is 63.6 Å². The standard InChI is InChI=1S/C15H10ClFO4/c1-21-15(20)10-4-9(5-11(17)6-10)8-2-3-12(14(18)19)13(16)7-8/h2-7H,1H3,(H,18,19). The van der Waals surface area contributed by atoms with Gasteiger partial charge in [0.15, 0.2) is 0 Å². The van der Waals surface area contributed by atoms with Crippen LogP contribution in [0.25, 0.3) is 11.1 Å². The Bertz CT molecular complexity index is 728. The molecule has 2 aromatic rings. The van der Waals surface area contributed by atoms with Gasteiger partial charge in [0.2, 0.25) is 0 Å². The molecule has 0 atom stereocenters. The molecule has 0 radical (unpaired) electrons. The predicted octanol–water partition coefficient (Wildman–Crippen LogP) is 3.63. The predicted molar refractivity (Wildman–Crippen MR) is 75.1 cm³/mol. The number of ether oxygens (including phenoxy) is 1. The molecule has 0 spiro atoms. The largest absolute Gasteiger partial charge is 0.478 e. The first-order chi connectivity index (χ1) is 9.92. The van der Waals surface area contributed by atoms with Crippen LogP contribution in [0.4, 0.5) is 4.39 Å². The van der Waals surface area contributed by atoms with E-state index in [0.29, 0.717) is 11.1 Å². The number of methoxy groups -OCH3 is 1. The van der Waals surface area contributed by atoms with Crippen LogP contribution >= 0.6 is 11.6 Å². The Morgan fingerprint density at radius 1 is 1.14 bits per heavy atom. The van der Waals surface area contributed by atoms with Gasteiger partial charge in [-0.1, -0.05) is 17.7 Å². The maximum atomic E-state index is 13.6. The average molecular weight is 309 g/mol. The van der Waals surface area contributed by atoms with E-state index in [9.17, 15) is 14.0 Å². The summed E-state index contributed by atoms with van der Waals surface area (Å²) in [5.41, 5.74) is 0.903. The molecule has 2 rings (SSSR count). The molecule has 108 valence electrons. The fraction of sp³-hybridized carbons (Fsp3) is 0.0667. The zero-order valence-electron chi connectivity index (χ0n) is 10.9. The van der Waals surface area contributed by atoms with E-state index in [1.54, 1.807) is 0 Å². The normalized spacial score (nSPS) is 10.2. The van der Waals surface area contributed by atoms with Crippen molar-refractivity contribution in [2.75, 3.05) is 7.11 Å². The van der Waals surface area contributed by atoms with Crippen molar-refractivity contribution in [3.05, 3.63) is 58.4 Å². The molecule has 21 heavy (non-hydrogen) atoms. The molecule has 1 N–H and O–H groups in total. The molecule has 0 saturated heterocycles. The first-order valence-corrected chi connectivity index (χ1v) is 6.22. The smallest absolute Gasteiger partial charge is 0.337 e. The van der Waals surface area contributed by atoms with Gasteiger partial charge in [0.25, 0.3) is 0 Å². The van der Waals surface area contributed by atoms with Crippen molar-refractivity contribution in [2.45, 2.75) is 0 Å². The maximum absolute atomic E-state index is 13.6. The van der Waals surface area contributed by atoms with E-state index in [1.165, 1.54) is 37.4 Å². The third-order valence-corrected chi connectivity index (χ3v) is 3.16. The number of aromatic carboxylic acids is 1. The van der Waals surface area contributed by atoms with Crippen LogP contribution in [-0.4, -0.2) is 24.2 Å². The van der Waals surface area contributed by atoms with Crippen LogP contribution in [0.5, 0.6) is 0 Å². The highest BCUT2D eigenvalue weighted by Gasteiger charge is 2.13. The summed E-state index contributed by atoms with van der Waals surface area (Å²) in [7, 11) is 1.20. The minimum absolute atomic E-state index is 0.0314. The Kier molecular flexibility index (Phi) is 4.23. The molecule has 0 amide bonds. The zero-order chi connectivity index (χ0) is 15.6. The summed E-state index contributed by atoms with van der Waals surface area (Å²) in [6, 6.07) is 7.94. The van der Waals surface area contributed by atoms with Crippen molar-refractivity contribution in [2.24, 2.45) is 0 Å². The lowest BCUT2D eigenvalue weighted by Crippen LogP contribution is -2.02. The van der Waals surface area contributed by atoms with Crippen LogP contribution < -0.4 is 0 Å². The van der Waals surface area contributed by atoms with E-state index in [0.717, 1.165) is 6.07 Å². The van der Waals surface area contributed by atoms with E-state index in [4.69, 9.17) is 16.7 Å². The molecule has 2 aromatic carbocycles. The molecule has 0 aliphatic heterocycles. The Morgan fingerprint density at radius 3 is 2.43 bits per heavy atom. The fourth-order valence-corrected chi connectivity index (χ4v) is 2.12. The molecule has 0 bridgehead atoms. The first kappa shape index (κ1) is 15.0. The number of carboxylic acids is 1. The summed E-state index contributed by atoms with van der Waals surface area (Å²) in [6.45, 7) is 0. The lowest BCUT2D eigenvalue weighted by atomic mass is 10.0. The number of carbonyl (C=O) groups is 2. The van der Waals surface area contributed by atoms with E-state index in [1.807, 2.05) is 0 Å². The molecule has 0 saturated carbocycles. The van der Waals surface area contributed by atoms with Crippen molar-refractivity contribution < 1.29 is 23.8 Å². The highest BCUT2D eigenvalue weighted by atomic mass is 35.5. The maximum Gasteiger partial charge on any atom is 0.337 e. The number of halogens is 2. The molecule has 0 fully saturated rings. The Morgan fingerprint density at radius 2 is 1.86 bits per heavy atom. The molecule has 0 heterocycles. The van der Waals surface area contributed by atoms with Crippen LogP contribution in [0, 0.1) is 5.82 Å². The van der Waals surface area contributed by atoms with Crippen LogP contribution in [0.3, 0.4) is 0 Å². The second-order valence-electron chi connectivity index (χ2n) is 4.22. The van der Waals surface area contributed by atoms with E-state index < -0.39 is 17.8 Å². The summed E-state index contributed by atoms with van der Waals surface area (Å²) >= 11 is 5.88. The van der Waals surface area contributed by atoms with Gasteiger partial charge in [-0.25, -0.2) is 14.0 Å². The number of rotatable bonds is 3. The van der Waals surface area contributed by atoms with Crippen LogP contribution in [0.1, 0.15) is 20.7 Å². The van der Waals surface area contributed by atoms with Crippen LogP contribution in [0.15, 0.2) is 36.4 Å². The summed E-state index contributed by atoms with van der Waals surface area (Å²) in [6.07, 6.45) is 0. The van der Waals surface area contributed by atoms with Crippen molar-refractivity contribution >= 4 is 23.5 Å². The third kappa shape index (κ3) is 3.20. The molecule has 0 aliphatic carbocycles. The van der Waals surface area contributed by atoms with E-state index >= 15 is 0 Å². The highest BCUT2D eigenvalue weighted by Crippen LogP contribution is 2.27. The molecule has 6 heteroatoms. The monoisotopic (exact) mass is 308 g/mol. The number of hydrogen-bond donors (Lipinski definition) is 1. The Balaban J connectivity index is 2.51. The highest BCUT2D eigenvalue weighted by molar-refractivity contribution is 6.33. The van der Waals surface area contributed by atoms with Gasteiger partial charge in [-0.05, 0) is 41.5 Å². The van der Waals surface area contributed by atoms with Crippen molar-refractivity contribution in [3.63, 3.8) is 0 Å². The number of esters is 1. The first-order valence-electron chi connectivity index (χ1n) is 5.84. The van der Waals surface area contributed by atoms with Gasteiger partial charge < -0.3 is 9.84 Å². The van der Waals surface area contributed by atoms with E-state index in [2.05, 4.69) is 4.74 Å². The van der Waals surface area contributed by atoms with E-state index in [-0.39, 0.29) is 16.1 Å². The van der Waals surface area contributed by atoms with Crippen molar-refractivity contribution in [3.8, 4) is 11.1 Å². The lowest BCUT2D eigenvalue weighted by molar-refractivity contribution is 0.0599. The summed E-state index contributed by atoms with van der Waals surface area (Å²) < 4.78 is 18.1. The van der Waals surface area contributed by atoms with Gasteiger partial charge >= 0.3 is 11.9 Å². The number of carbonyl (C=O) groups excluding carboxylic acids is 1. The minimum atomic E-state index is -1.15. The summed E-state index contributed by atoms with van der Waals surface area (Å²) in [5, 5.41) is 8.95. The number of hydrogen-bond acceptors (Lipinski definition) is 3. The fourth-order valence-electron chi connectivity index (χ4n) is 1.86. The summed E-state index contributed by atoms with van der Waals surface area (Å²) in [5.74, 6) is -2.42. The third-order valence-electron chi connectivity index (χ3n) is 2.85. The van der Waals surface area contributed by atoms with Gasteiger partial charge in [0.05, 0.1) is 23.3 Å². The molecule has 0 aromatic heterocycles. The van der Waals surface area contributed by atoms with Crippen molar-refractivity contribution in [1.82, 2.24) is 0 Å². The molecule has 4 nitrogen and oxygen atoms in total. The minimum Gasteiger partial charge on any atom is -0.478 e. The average Bonchev–Trinajstić information content (AvgIpc) is 2.45. The van der Waals surface area contributed by atoms with Crippen LogP contribution in [-0.2, 0) is 4.74 Å². The van der Waals surface area contributed by atoms with Gasteiger partial charge in [-0.15, -0.1) is 0 Å². The number of carboxylic acid groups (broad SMARTS) is 1. The second-order valence-corrected chi connectivity index (χ2v) is 4.63. The second kappa shape index (κ2) is 5.93.